The molecule has 0 aromatic heterocycles. The third kappa shape index (κ3) is 6.07. The predicted molar refractivity (Wildman–Crippen MR) is 98.3 cm³/mol. The maximum Gasteiger partial charge on any atom is 0.161 e. The van der Waals surface area contributed by atoms with Gasteiger partial charge in [-0.25, -0.2) is 0 Å². The first-order valence-corrected chi connectivity index (χ1v) is 9.22. The van der Waals surface area contributed by atoms with E-state index in [-0.39, 0.29) is 0 Å². The Balaban J connectivity index is 1.39. The number of hydrogen-bond donors (Lipinski definition) is 1. The molecule has 1 heterocycles. The smallest absolute Gasteiger partial charge is 0.161 e. The SMILES string of the molecule is c1ccc(COc2ccccc2OCCCC[NH+]2CCOCC2)cc1. The van der Waals surface area contributed by atoms with Gasteiger partial charge in [-0.15, -0.1) is 0 Å². The van der Waals surface area contributed by atoms with Gasteiger partial charge < -0.3 is 19.1 Å². The number of ether oxygens (including phenoxy) is 3. The van der Waals surface area contributed by atoms with Crippen molar-refractivity contribution in [1.29, 1.82) is 0 Å². The summed E-state index contributed by atoms with van der Waals surface area (Å²) in [6.07, 6.45) is 2.25. The van der Waals surface area contributed by atoms with Crippen LogP contribution in [0.2, 0.25) is 0 Å². The van der Waals surface area contributed by atoms with E-state index in [4.69, 9.17) is 14.2 Å². The molecule has 1 aliphatic heterocycles. The first-order valence-electron chi connectivity index (χ1n) is 9.22. The van der Waals surface area contributed by atoms with Crippen molar-refractivity contribution in [2.24, 2.45) is 0 Å². The van der Waals surface area contributed by atoms with Gasteiger partial charge in [0, 0.05) is 0 Å². The highest BCUT2D eigenvalue weighted by molar-refractivity contribution is 5.39. The quantitative estimate of drug-likeness (QED) is 0.710. The number of rotatable bonds is 9. The zero-order chi connectivity index (χ0) is 17.2. The van der Waals surface area contributed by atoms with E-state index in [0.29, 0.717) is 6.61 Å². The van der Waals surface area contributed by atoms with E-state index in [0.717, 1.165) is 56.4 Å². The molecule has 2 aromatic carbocycles. The molecule has 0 aliphatic carbocycles. The fourth-order valence-electron chi connectivity index (χ4n) is 2.99. The van der Waals surface area contributed by atoms with Gasteiger partial charge in [-0.2, -0.15) is 0 Å². The molecule has 0 spiro atoms. The second kappa shape index (κ2) is 10.1. The van der Waals surface area contributed by atoms with E-state index in [9.17, 15) is 0 Å². The van der Waals surface area contributed by atoms with Gasteiger partial charge in [-0.1, -0.05) is 42.5 Å². The second-order valence-corrected chi connectivity index (χ2v) is 6.39. The van der Waals surface area contributed by atoms with Crippen LogP contribution < -0.4 is 14.4 Å². The van der Waals surface area contributed by atoms with Gasteiger partial charge in [0.1, 0.15) is 19.7 Å². The van der Waals surface area contributed by atoms with Crippen LogP contribution in [-0.2, 0) is 11.3 Å². The van der Waals surface area contributed by atoms with E-state index in [2.05, 4.69) is 12.1 Å². The van der Waals surface area contributed by atoms with Crippen LogP contribution in [-0.4, -0.2) is 39.5 Å². The highest BCUT2D eigenvalue weighted by Crippen LogP contribution is 2.27. The van der Waals surface area contributed by atoms with Crippen molar-refractivity contribution in [3.63, 3.8) is 0 Å². The zero-order valence-corrected chi connectivity index (χ0v) is 14.8. The highest BCUT2D eigenvalue weighted by atomic mass is 16.5. The molecule has 0 unspecified atom stereocenters. The van der Waals surface area contributed by atoms with E-state index in [1.54, 1.807) is 4.90 Å². The normalized spacial score (nSPS) is 15.0. The van der Waals surface area contributed by atoms with Crippen LogP contribution in [0.15, 0.2) is 54.6 Å². The topological polar surface area (TPSA) is 32.1 Å². The molecule has 0 atom stereocenters. The van der Waals surface area contributed by atoms with Crippen LogP contribution in [0.25, 0.3) is 0 Å². The van der Waals surface area contributed by atoms with Gasteiger partial charge in [0.2, 0.25) is 0 Å². The Morgan fingerprint density at radius 3 is 2.24 bits per heavy atom. The van der Waals surface area contributed by atoms with Crippen molar-refractivity contribution in [1.82, 2.24) is 0 Å². The van der Waals surface area contributed by atoms with Crippen molar-refractivity contribution in [2.45, 2.75) is 19.4 Å². The molecule has 0 amide bonds. The molecule has 3 rings (SSSR count). The Kier molecular flexibility index (Phi) is 7.16. The maximum atomic E-state index is 5.96. The Labute approximate surface area is 150 Å². The average molecular weight is 342 g/mol. The molecule has 0 bridgehead atoms. The van der Waals surface area contributed by atoms with Crippen LogP contribution in [0.5, 0.6) is 11.5 Å². The molecule has 0 radical (unpaired) electrons. The first kappa shape index (κ1) is 17.8. The molecule has 4 nitrogen and oxygen atoms in total. The van der Waals surface area contributed by atoms with Gasteiger partial charge in [0.25, 0.3) is 0 Å². The number of hydrogen-bond acceptors (Lipinski definition) is 3. The number of unbranched alkanes of at least 4 members (excludes halogenated alkanes) is 1. The highest BCUT2D eigenvalue weighted by Gasteiger charge is 2.12. The molecule has 1 saturated heterocycles. The Bertz CT molecular complexity index is 612. The zero-order valence-electron chi connectivity index (χ0n) is 14.8. The number of morpholine rings is 1. The van der Waals surface area contributed by atoms with E-state index < -0.39 is 0 Å². The first-order chi connectivity index (χ1) is 12.4. The third-order valence-electron chi connectivity index (χ3n) is 4.47. The molecule has 0 saturated carbocycles. The molecule has 4 heteroatoms. The summed E-state index contributed by atoms with van der Waals surface area (Å²) >= 11 is 0. The minimum Gasteiger partial charge on any atom is -0.490 e. The molecule has 1 N–H and O–H groups in total. The standard InChI is InChI=1S/C21H27NO3/c1-2-8-19(9-3-1)18-25-21-11-5-4-10-20(21)24-15-7-6-12-22-13-16-23-17-14-22/h1-5,8-11H,6-7,12-18H2/p+1. The number of benzene rings is 2. The minimum absolute atomic E-state index is 0.557. The van der Waals surface area contributed by atoms with Gasteiger partial charge in [-0.3, -0.25) is 0 Å². The van der Waals surface area contributed by atoms with Crippen molar-refractivity contribution >= 4 is 0 Å². The summed E-state index contributed by atoms with van der Waals surface area (Å²) in [7, 11) is 0. The number of nitrogens with one attached hydrogen (secondary N) is 1. The van der Waals surface area contributed by atoms with Gasteiger partial charge >= 0.3 is 0 Å². The fourth-order valence-corrected chi connectivity index (χ4v) is 2.99. The van der Waals surface area contributed by atoms with E-state index >= 15 is 0 Å². The van der Waals surface area contributed by atoms with Crippen molar-refractivity contribution in [3.8, 4) is 11.5 Å². The summed E-state index contributed by atoms with van der Waals surface area (Å²) in [5.74, 6) is 1.64. The molecule has 2 aromatic rings. The summed E-state index contributed by atoms with van der Waals surface area (Å²) in [5.41, 5.74) is 1.16. The molecule has 1 aliphatic rings. The second-order valence-electron chi connectivity index (χ2n) is 6.39. The molecular weight excluding hydrogens is 314 g/mol. The van der Waals surface area contributed by atoms with Crippen LogP contribution in [0, 0.1) is 0 Å². The summed E-state index contributed by atoms with van der Waals surface area (Å²) in [6, 6.07) is 18.1. The van der Waals surface area contributed by atoms with Crippen LogP contribution in [0.1, 0.15) is 18.4 Å². The number of quaternary nitrogens is 1. The van der Waals surface area contributed by atoms with Gasteiger partial charge in [0.15, 0.2) is 11.5 Å². The third-order valence-corrected chi connectivity index (χ3v) is 4.47. The number of para-hydroxylation sites is 2. The Morgan fingerprint density at radius 2 is 1.48 bits per heavy atom. The lowest BCUT2D eigenvalue weighted by Gasteiger charge is -2.23. The summed E-state index contributed by atoms with van der Waals surface area (Å²) in [6.45, 7) is 6.57. The van der Waals surface area contributed by atoms with Crippen LogP contribution in [0.4, 0.5) is 0 Å². The average Bonchev–Trinajstić information content (AvgIpc) is 2.68. The van der Waals surface area contributed by atoms with Crippen LogP contribution in [0.3, 0.4) is 0 Å². The lowest BCUT2D eigenvalue weighted by atomic mass is 10.2. The maximum absolute atomic E-state index is 5.96. The lowest BCUT2D eigenvalue weighted by molar-refractivity contribution is -0.908. The Hall–Kier alpha value is -2.04. The van der Waals surface area contributed by atoms with Gasteiger partial charge in [0.05, 0.1) is 26.4 Å². The lowest BCUT2D eigenvalue weighted by Crippen LogP contribution is -3.14. The van der Waals surface area contributed by atoms with Crippen molar-refractivity contribution in [2.75, 3.05) is 39.5 Å². The van der Waals surface area contributed by atoms with Crippen molar-refractivity contribution < 1.29 is 19.1 Å². The van der Waals surface area contributed by atoms with E-state index in [1.165, 1.54) is 13.0 Å². The monoisotopic (exact) mass is 342 g/mol. The molecule has 1 fully saturated rings. The van der Waals surface area contributed by atoms with E-state index in [1.807, 2.05) is 42.5 Å². The fraction of sp³-hybridized carbons (Fsp3) is 0.429. The predicted octanol–water partition coefficient (Wildman–Crippen LogP) is 2.34. The molecule has 134 valence electrons. The largest absolute Gasteiger partial charge is 0.490 e. The summed E-state index contributed by atoms with van der Waals surface area (Å²) < 4.78 is 17.3. The Morgan fingerprint density at radius 1 is 0.800 bits per heavy atom. The van der Waals surface area contributed by atoms with Crippen molar-refractivity contribution in [3.05, 3.63) is 60.2 Å². The summed E-state index contributed by atoms with van der Waals surface area (Å²) in [5, 5.41) is 0. The minimum atomic E-state index is 0.557. The molecule has 25 heavy (non-hydrogen) atoms. The molecular formula is C21H28NO3+. The van der Waals surface area contributed by atoms with Gasteiger partial charge in [-0.05, 0) is 30.5 Å². The summed E-state index contributed by atoms with van der Waals surface area (Å²) in [4.78, 5) is 1.65. The van der Waals surface area contributed by atoms with Crippen LogP contribution >= 0.6 is 0 Å².